The molecule has 3 aromatic carbocycles. The summed E-state index contributed by atoms with van der Waals surface area (Å²) in [6, 6.07) is 29.8. The molecule has 6 rings (SSSR count). The molecule has 5 heteroatoms. The molecule has 0 spiro atoms. The van der Waals surface area contributed by atoms with Gasteiger partial charge in [0, 0.05) is 17.2 Å². The van der Waals surface area contributed by atoms with E-state index in [9.17, 15) is 15.0 Å². The number of aliphatic hydroxyl groups is 2. The summed E-state index contributed by atoms with van der Waals surface area (Å²) in [5.74, 6) is 0.0132. The fourth-order valence-corrected chi connectivity index (χ4v) is 7.18. The molecule has 1 fully saturated rings. The molecule has 4 aromatic rings. The quantitative estimate of drug-likeness (QED) is 0.289. The van der Waals surface area contributed by atoms with Crippen LogP contribution in [0.15, 0.2) is 97.2 Å². The molecule has 0 radical (unpaired) electrons. The average molecular weight is 533 g/mol. The molecule has 2 aliphatic rings. The third-order valence-electron chi connectivity index (χ3n) is 9.24. The van der Waals surface area contributed by atoms with E-state index in [1.54, 1.807) is 6.20 Å². The Morgan fingerprint density at radius 3 is 2.48 bits per heavy atom. The van der Waals surface area contributed by atoms with Crippen molar-refractivity contribution in [3.8, 4) is 0 Å². The largest absolute Gasteiger partial charge is 0.390 e. The summed E-state index contributed by atoms with van der Waals surface area (Å²) in [5, 5.41) is 26.7. The molecular weight excluding hydrogens is 496 g/mol. The molecule has 40 heavy (non-hydrogen) atoms. The van der Waals surface area contributed by atoms with Gasteiger partial charge in [-0.25, -0.2) is 0 Å². The fourth-order valence-electron chi connectivity index (χ4n) is 7.18. The second-order valence-electron chi connectivity index (χ2n) is 11.6. The maximum Gasteiger partial charge on any atom is 0.255 e. The second-order valence-corrected chi connectivity index (χ2v) is 11.6. The number of hydrogen-bond acceptors (Lipinski definition) is 4. The number of aliphatic hydroxyl groups excluding tert-OH is 1. The van der Waals surface area contributed by atoms with Gasteiger partial charge in [0.15, 0.2) is 0 Å². The van der Waals surface area contributed by atoms with Gasteiger partial charge in [-0.2, -0.15) is 0 Å². The van der Waals surface area contributed by atoms with Gasteiger partial charge in [0.05, 0.1) is 17.5 Å². The van der Waals surface area contributed by atoms with E-state index in [0.717, 1.165) is 42.5 Å². The van der Waals surface area contributed by atoms with Crippen molar-refractivity contribution in [2.24, 2.45) is 5.92 Å². The van der Waals surface area contributed by atoms with Crippen molar-refractivity contribution in [1.82, 2.24) is 4.98 Å². The number of amides is 1. The molecule has 2 aliphatic carbocycles. The lowest BCUT2D eigenvalue weighted by molar-refractivity contribution is -0.143. The molecule has 1 aromatic heterocycles. The molecule has 204 valence electrons. The molecule has 0 unspecified atom stereocenters. The van der Waals surface area contributed by atoms with Gasteiger partial charge in [-0.15, -0.1) is 0 Å². The van der Waals surface area contributed by atoms with Crippen molar-refractivity contribution >= 4 is 11.6 Å². The summed E-state index contributed by atoms with van der Waals surface area (Å²) < 4.78 is 0. The summed E-state index contributed by atoms with van der Waals surface area (Å²) in [7, 11) is 0. The van der Waals surface area contributed by atoms with Crippen LogP contribution in [0.3, 0.4) is 0 Å². The van der Waals surface area contributed by atoms with E-state index in [0.29, 0.717) is 24.1 Å². The summed E-state index contributed by atoms with van der Waals surface area (Å²) >= 11 is 0. The maximum atomic E-state index is 13.3. The predicted molar refractivity (Wildman–Crippen MR) is 157 cm³/mol. The van der Waals surface area contributed by atoms with Crippen LogP contribution in [0.4, 0.5) is 5.69 Å². The third kappa shape index (κ3) is 4.74. The lowest BCUT2D eigenvalue weighted by atomic mass is 9.54. The normalized spacial score (nSPS) is 25.8. The monoisotopic (exact) mass is 532 g/mol. The Bertz CT molecular complexity index is 1510. The van der Waals surface area contributed by atoms with Gasteiger partial charge < -0.3 is 15.5 Å². The maximum absolute atomic E-state index is 13.3. The van der Waals surface area contributed by atoms with Crippen LogP contribution in [-0.2, 0) is 23.9 Å². The van der Waals surface area contributed by atoms with Crippen LogP contribution in [0, 0.1) is 12.8 Å². The van der Waals surface area contributed by atoms with Crippen LogP contribution < -0.4 is 5.32 Å². The van der Waals surface area contributed by atoms with Crippen molar-refractivity contribution in [3.05, 3.63) is 131 Å². The molecule has 1 heterocycles. The number of nitrogens with zero attached hydrogens (tertiary/aromatic N) is 1. The number of hydrogen-bond donors (Lipinski definition) is 3. The minimum Gasteiger partial charge on any atom is -0.390 e. The number of aromatic nitrogens is 1. The lowest BCUT2D eigenvalue weighted by Crippen LogP contribution is -2.55. The van der Waals surface area contributed by atoms with Crippen LogP contribution in [0.1, 0.15) is 64.0 Å². The van der Waals surface area contributed by atoms with Crippen LogP contribution in [0.25, 0.3) is 0 Å². The number of aryl methyl sites for hydroxylation is 2. The van der Waals surface area contributed by atoms with E-state index in [1.807, 2.05) is 67.6 Å². The van der Waals surface area contributed by atoms with Gasteiger partial charge in [-0.05, 0) is 97.9 Å². The van der Waals surface area contributed by atoms with Crippen LogP contribution >= 0.6 is 0 Å². The molecule has 0 saturated heterocycles. The van der Waals surface area contributed by atoms with Crippen molar-refractivity contribution in [1.29, 1.82) is 0 Å². The Morgan fingerprint density at radius 2 is 1.73 bits per heavy atom. The summed E-state index contributed by atoms with van der Waals surface area (Å²) in [6.45, 7) is 1.88. The minimum atomic E-state index is -1.29. The third-order valence-corrected chi connectivity index (χ3v) is 9.24. The number of carbonyl (C=O) groups excluding carboxylic acids is 1. The molecular formula is C35H36N2O3. The number of benzene rings is 3. The number of pyridine rings is 1. The Hall–Kier alpha value is -3.80. The van der Waals surface area contributed by atoms with Gasteiger partial charge >= 0.3 is 0 Å². The van der Waals surface area contributed by atoms with Crippen molar-refractivity contribution < 1.29 is 15.0 Å². The topological polar surface area (TPSA) is 82.5 Å². The predicted octanol–water partition coefficient (Wildman–Crippen LogP) is 6.12. The average Bonchev–Trinajstić information content (AvgIpc) is 3.11. The highest BCUT2D eigenvalue weighted by Gasteiger charge is 2.55. The van der Waals surface area contributed by atoms with E-state index < -0.39 is 11.7 Å². The first-order valence-electron chi connectivity index (χ1n) is 14.3. The highest BCUT2D eigenvalue weighted by Crippen LogP contribution is 2.55. The molecule has 0 aliphatic heterocycles. The molecule has 5 nitrogen and oxygen atoms in total. The van der Waals surface area contributed by atoms with E-state index in [4.69, 9.17) is 0 Å². The molecule has 4 atom stereocenters. The first-order valence-corrected chi connectivity index (χ1v) is 14.3. The van der Waals surface area contributed by atoms with E-state index >= 15 is 0 Å². The summed E-state index contributed by atoms with van der Waals surface area (Å²) in [4.78, 5) is 17.6. The Labute approximate surface area is 235 Å². The van der Waals surface area contributed by atoms with Crippen molar-refractivity contribution in [3.63, 3.8) is 0 Å². The van der Waals surface area contributed by atoms with Crippen LogP contribution in [0.5, 0.6) is 0 Å². The fraction of sp³-hybridized carbons (Fsp3) is 0.314. The Morgan fingerprint density at radius 1 is 0.975 bits per heavy atom. The standard InChI is InChI=1S/C35H36N2O3/c1-24-31(16-9-19-36-24)37-33(39)27-17-18-30-26(20-27)12-8-15-29-22-35(40,28-13-6-3-7-14-28)32(38)23-34(29,30)21-25-10-4-2-5-11-25/h2-7,9-11,13-14,16-20,29,32,38,40H,8,12,15,21-23H2,1H3,(H,37,39)/t29-,32+,34+,35+/m0/s1. The second kappa shape index (κ2) is 10.6. The van der Waals surface area contributed by atoms with Crippen molar-refractivity contribution in [2.45, 2.75) is 62.6 Å². The van der Waals surface area contributed by atoms with Gasteiger partial charge in [0.25, 0.3) is 5.91 Å². The highest BCUT2D eigenvalue weighted by molar-refractivity contribution is 6.04. The molecule has 1 amide bonds. The van der Waals surface area contributed by atoms with Crippen LogP contribution in [0.2, 0.25) is 0 Å². The van der Waals surface area contributed by atoms with E-state index in [-0.39, 0.29) is 17.2 Å². The summed E-state index contributed by atoms with van der Waals surface area (Å²) in [5.41, 5.74) is 4.79. The molecule has 3 N–H and O–H groups in total. The molecule has 1 saturated carbocycles. The number of anilines is 1. The number of rotatable bonds is 5. The highest BCUT2D eigenvalue weighted by atomic mass is 16.3. The van der Waals surface area contributed by atoms with Gasteiger partial charge in [-0.1, -0.05) is 66.7 Å². The van der Waals surface area contributed by atoms with Crippen LogP contribution in [-0.4, -0.2) is 27.2 Å². The lowest BCUT2D eigenvalue weighted by Gasteiger charge is -2.53. The first-order chi connectivity index (χ1) is 19.4. The van der Waals surface area contributed by atoms with Crippen molar-refractivity contribution in [2.75, 3.05) is 5.32 Å². The SMILES string of the molecule is Cc1ncccc1NC(=O)c1ccc2c(c1)CCC[C@H]1C[C@@](O)(c3ccccc3)[C@H](O)C[C@@]21Cc1ccccc1. The summed E-state index contributed by atoms with van der Waals surface area (Å²) in [6.07, 6.45) is 5.27. The van der Waals surface area contributed by atoms with Gasteiger partial charge in [-0.3, -0.25) is 9.78 Å². The zero-order chi connectivity index (χ0) is 27.7. The number of carbonyl (C=O) groups is 1. The van der Waals surface area contributed by atoms with Gasteiger partial charge in [0.2, 0.25) is 0 Å². The van der Waals surface area contributed by atoms with E-state index in [1.165, 1.54) is 11.1 Å². The number of nitrogens with one attached hydrogen (secondary N) is 1. The van der Waals surface area contributed by atoms with Gasteiger partial charge in [0.1, 0.15) is 5.60 Å². The zero-order valence-corrected chi connectivity index (χ0v) is 22.9. The van der Waals surface area contributed by atoms with E-state index in [2.05, 4.69) is 40.6 Å². The number of fused-ring (bicyclic) bond motifs is 3. The zero-order valence-electron chi connectivity index (χ0n) is 22.9. The molecule has 0 bridgehead atoms. The minimum absolute atomic E-state index is 0.154. The Kier molecular flexibility index (Phi) is 7.03. The first kappa shape index (κ1) is 26.4. The smallest absolute Gasteiger partial charge is 0.255 e. The Balaban J connectivity index is 1.41.